The highest BCUT2D eigenvalue weighted by Crippen LogP contribution is 2.27. The van der Waals surface area contributed by atoms with Crippen LogP contribution >= 0.6 is 12.2 Å². The van der Waals surface area contributed by atoms with Crippen LogP contribution in [0.1, 0.15) is 30.9 Å². The van der Waals surface area contributed by atoms with Crippen molar-refractivity contribution >= 4 is 27.2 Å². The molecule has 2 rings (SSSR count). The number of β-amino-alcohol motifs (C(OH)–C–C–N with tert-alkyl or cyclic N) is 1. The van der Waals surface area contributed by atoms with Crippen LogP contribution < -0.4 is 5.73 Å². The Morgan fingerprint density at radius 1 is 1.48 bits per heavy atom. The second-order valence-corrected chi connectivity index (χ2v) is 8.16. The number of benzene rings is 1. The second-order valence-electron chi connectivity index (χ2n) is 5.78. The predicted octanol–water partition coefficient (Wildman–Crippen LogP) is 1.16. The molecule has 21 heavy (non-hydrogen) atoms. The highest BCUT2D eigenvalue weighted by Gasteiger charge is 2.35. The van der Waals surface area contributed by atoms with Gasteiger partial charge < -0.3 is 10.8 Å². The molecule has 0 spiro atoms. The first kappa shape index (κ1) is 16.4. The Balaban J connectivity index is 2.36. The molecule has 1 heterocycles. The van der Waals surface area contributed by atoms with Crippen LogP contribution in [-0.4, -0.2) is 41.5 Å². The largest absolute Gasteiger partial charge is 0.389 e. The average molecular weight is 328 g/mol. The van der Waals surface area contributed by atoms with Crippen LogP contribution in [0.4, 0.5) is 0 Å². The molecular formula is C14H20N2O3S2. The predicted molar refractivity (Wildman–Crippen MR) is 85.7 cm³/mol. The van der Waals surface area contributed by atoms with Crippen LogP contribution in [0, 0.1) is 6.92 Å². The summed E-state index contributed by atoms with van der Waals surface area (Å²) in [4.78, 5) is 0.454. The monoisotopic (exact) mass is 328 g/mol. The summed E-state index contributed by atoms with van der Waals surface area (Å²) < 4.78 is 26.7. The van der Waals surface area contributed by atoms with Gasteiger partial charge in [0.05, 0.1) is 10.5 Å². The lowest BCUT2D eigenvalue weighted by atomic mass is 9.97. The Bertz CT molecular complexity index is 669. The van der Waals surface area contributed by atoms with Gasteiger partial charge >= 0.3 is 0 Å². The van der Waals surface area contributed by atoms with Crippen LogP contribution in [0.5, 0.6) is 0 Å². The van der Waals surface area contributed by atoms with Crippen LogP contribution in [-0.2, 0) is 10.0 Å². The average Bonchev–Trinajstić information content (AvgIpc) is 2.36. The van der Waals surface area contributed by atoms with E-state index >= 15 is 0 Å². The fourth-order valence-electron chi connectivity index (χ4n) is 2.60. The summed E-state index contributed by atoms with van der Waals surface area (Å²) >= 11 is 4.93. The Labute approximate surface area is 130 Å². The first-order valence-corrected chi connectivity index (χ1v) is 8.61. The molecule has 0 aromatic heterocycles. The number of sulfonamides is 1. The first-order chi connectivity index (χ1) is 9.63. The topological polar surface area (TPSA) is 83.6 Å². The molecule has 3 N–H and O–H groups in total. The van der Waals surface area contributed by atoms with Crippen molar-refractivity contribution < 1.29 is 13.5 Å². The van der Waals surface area contributed by atoms with Gasteiger partial charge in [0.25, 0.3) is 0 Å². The molecule has 5 nitrogen and oxygen atoms in total. The number of hydrogen-bond acceptors (Lipinski definition) is 4. The fourth-order valence-corrected chi connectivity index (χ4v) is 4.51. The van der Waals surface area contributed by atoms with Gasteiger partial charge in [-0.1, -0.05) is 18.3 Å². The van der Waals surface area contributed by atoms with E-state index in [0.717, 1.165) is 5.56 Å². The molecule has 116 valence electrons. The molecule has 1 saturated heterocycles. The molecule has 7 heteroatoms. The molecule has 1 fully saturated rings. The molecule has 1 aromatic rings. The van der Waals surface area contributed by atoms with E-state index in [0.29, 0.717) is 24.9 Å². The van der Waals surface area contributed by atoms with Gasteiger partial charge in [-0.05, 0) is 44.4 Å². The molecule has 0 saturated carbocycles. The molecule has 0 bridgehead atoms. The fraction of sp³-hybridized carbons (Fsp3) is 0.500. The van der Waals surface area contributed by atoms with E-state index in [1.165, 1.54) is 10.4 Å². The van der Waals surface area contributed by atoms with Gasteiger partial charge in [-0.15, -0.1) is 0 Å². The quantitative estimate of drug-likeness (QED) is 0.814. The molecule has 1 aliphatic heterocycles. The van der Waals surface area contributed by atoms with E-state index in [1.54, 1.807) is 26.0 Å². The van der Waals surface area contributed by atoms with Gasteiger partial charge in [-0.2, -0.15) is 4.31 Å². The summed E-state index contributed by atoms with van der Waals surface area (Å²) in [6.45, 7) is 3.98. The maximum Gasteiger partial charge on any atom is 0.243 e. The zero-order valence-electron chi connectivity index (χ0n) is 12.2. The normalized spacial score (nSPS) is 24.0. The second kappa shape index (κ2) is 5.64. The first-order valence-electron chi connectivity index (χ1n) is 6.76. The highest BCUT2D eigenvalue weighted by molar-refractivity contribution is 7.89. The van der Waals surface area contributed by atoms with Crippen LogP contribution in [0.15, 0.2) is 23.1 Å². The third-order valence-electron chi connectivity index (χ3n) is 3.74. The third-order valence-corrected chi connectivity index (χ3v) is 5.80. The summed E-state index contributed by atoms with van der Waals surface area (Å²) in [5.41, 5.74) is 6.02. The summed E-state index contributed by atoms with van der Waals surface area (Å²) in [7, 11) is -3.61. The maximum atomic E-state index is 12.7. The minimum atomic E-state index is -3.61. The van der Waals surface area contributed by atoms with E-state index in [1.807, 2.05) is 0 Å². The van der Waals surface area contributed by atoms with Crippen LogP contribution in [0.3, 0.4) is 0 Å². The number of aryl methyl sites for hydroxylation is 1. The Kier molecular flexibility index (Phi) is 4.39. The lowest BCUT2D eigenvalue weighted by molar-refractivity contribution is 0.00940. The SMILES string of the molecule is Cc1cc(S(=O)(=O)N2CCCC(C)(O)C2)ccc1C(N)=S. The Hall–Kier alpha value is -1.02. The minimum absolute atomic E-state index is 0.117. The number of rotatable bonds is 3. The smallest absolute Gasteiger partial charge is 0.243 e. The number of aliphatic hydroxyl groups is 1. The van der Waals surface area contributed by atoms with Crippen molar-refractivity contribution in [3.63, 3.8) is 0 Å². The van der Waals surface area contributed by atoms with E-state index in [2.05, 4.69) is 0 Å². The van der Waals surface area contributed by atoms with Crippen molar-refractivity contribution in [2.24, 2.45) is 5.73 Å². The number of nitrogens with zero attached hydrogens (tertiary/aromatic N) is 1. The van der Waals surface area contributed by atoms with Crippen molar-refractivity contribution in [1.29, 1.82) is 0 Å². The Morgan fingerprint density at radius 3 is 2.67 bits per heavy atom. The molecular weight excluding hydrogens is 308 g/mol. The van der Waals surface area contributed by atoms with Gasteiger partial charge in [0, 0.05) is 18.7 Å². The molecule has 0 aliphatic carbocycles. The van der Waals surface area contributed by atoms with Crippen molar-refractivity contribution in [2.75, 3.05) is 13.1 Å². The van der Waals surface area contributed by atoms with Crippen molar-refractivity contribution in [3.05, 3.63) is 29.3 Å². The molecule has 0 amide bonds. The zero-order valence-corrected chi connectivity index (χ0v) is 13.8. The van der Waals surface area contributed by atoms with Gasteiger partial charge in [0.15, 0.2) is 0 Å². The lowest BCUT2D eigenvalue weighted by Crippen LogP contribution is -2.48. The molecule has 1 unspecified atom stereocenters. The summed E-state index contributed by atoms with van der Waals surface area (Å²) in [6, 6.07) is 4.72. The number of thiocarbonyl (C=S) groups is 1. The van der Waals surface area contributed by atoms with E-state index in [-0.39, 0.29) is 16.4 Å². The van der Waals surface area contributed by atoms with E-state index < -0.39 is 15.6 Å². The van der Waals surface area contributed by atoms with Gasteiger partial charge in [-0.25, -0.2) is 8.42 Å². The standard InChI is InChI=1S/C14H20N2O3S2/c1-10-8-11(4-5-12(10)13(15)20)21(18,19)16-7-3-6-14(2,17)9-16/h4-5,8,17H,3,6-7,9H2,1-2H3,(H2,15,20). The van der Waals surface area contributed by atoms with Gasteiger partial charge in [-0.3, -0.25) is 0 Å². The third kappa shape index (κ3) is 3.42. The minimum Gasteiger partial charge on any atom is -0.389 e. The van der Waals surface area contributed by atoms with Crippen molar-refractivity contribution in [3.8, 4) is 0 Å². The number of piperidine rings is 1. The zero-order chi connectivity index (χ0) is 15.8. The Morgan fingerprint density at radius 2 is 2.14 bits per heavy atom. The summed E-state index contributed by atoms with van der Waals surface area (Å²) in [6.07, 6.45) is 1.26. The summed E-state index contributed by atoms with van der Waals surface area (Å²) in [5.74, 6) is 0. The van der Waals surface area contributed by atoms with Crippen LogP contribution in [0.2, 0.25) is 0 Å². The van der Waals surface area contributed by atoms with Crippen molar-refractivity contribution in [2.45, 2.75) is 37.2 Å². The summed E-state index contributed by atoms with van der Waals surface area (Å²) in [5, 5.41) is 10.1. The van der Waals surface area contributed by atoms with Crippen LogP contribution in [0.25, 0.3) is 0 Å². The molecule has 1 aliphatic rings. The van der Waals surface area contributed by atoms with Crippen molar-refractivity contribution in [1.82, 2.24) is 4.31 Å². The van der Waals surface area contributed by atoms with E-state index in [9.17, 15) is 13.5 Å². The molecule has 0 radical (unpaired) electrons. The maximum absolute atomic E-state index is 12.7. The highest BCUT2D eigenvalue weighted by atomic mass is 32.2. The number of nitrogens with two attached hydrogens (primary N) is 1. The molecule has 1 aromatic carbocycles. The van der Waals surface area contributed by atoms with Gasteiger partial charge in [0.1, 0.15) is 4.99 Å². The van der Waals surface area contributed by atoms with E-state index in [4.69, 9.17) is 18.0 Å². The lowest BCUT2D eigenvalue weighted by Gasteiger charge is -2.36. The number of hydrogen-bond donors (Lipinski definition) is 2. The van der Waals surface area contributed by atoms with Gasteiger partial charge in [0.2, 0.25) is 10.0 Å². The molecule has 1 atom stereocenters.